The van der Waals surface area contributed by atoms with Crippen LogP contribution < -0.4 is 10.6 Å². The third-order valence-corrected chi connectivity index (χ3v) is 3.08. The topological polar surface area (TPSA) is 49.3 Å². The Kier molecular flexibility index (Phi) is 6.36. The van der Waals surface area contributed by atoms with Gasteiger partial charge in [-0.1, -0.05) is 18.2 Å². The Balaban J connectivity index is 1.87. The molecule has 1 aromatic heterocycles. The molecule has 0 unspecified atom stereocenters. The first-order valence-corrected chi connectivity index (χ1v) is 7.43. The van der Waals surface area contributed by atoms with Crippen LogP contribution in [-0.2, 0) is 13.0 Å². The molecule has 2 rings (SSSR count). The molecule has 0 aliphatic heterocycles. The molecule has 0 fully saturated rings. The van der Waals surface area contributed by atoms with Gasteiger partial charge >= 0.3 is 0 Å². The van der Waals surface area contributed by atoms with Crippen LogP contribution in [0.15, 0.2) is 53.8 Å². The molecule has 0 atom stereocenters. The molecule has 22 heavy (non-hydrogen) atoms. The Morgan fingerprint density at radius 2 is 2.05 bits per heavy atom. The van der Waals surface area contributed by atoms with Crippen LogP contribution in [-0.4, -0.2) is 24.0 Å². The number of aliphatic imine (C=N–C) groups is 1. The number of pyridine rings is 1. The fourth-order valence-corrected chi connectivity index (χ4v) is 2.02. The first-order valence-electron chi connectivity index (χ1n) is 7.43. The third kappa shape index (κ3) is 5.52. The minimum Gasteiger partial charge on any atom is -0.357 e. The molecule has 0 bridgehead atoms. The minimum atomic E-state index is -0.234. The Bertz CT molecular complexity index is 599. The van der Waals surface area contributed by atoms with Crippen LogP contribution in [0, 0.1) is 5.82 Å². The zero-order chi connectivity index (χ0) is 15.6. The van der Waals surface area contributed by atoms with Crippen molar-refractivity contribution in [1.29, 1.82) is 0 Å². The number of hydrogen-bond donors (Lipinski definition) is 2. The van der Waals surface area contributed by atoms with Gasteiger partial charge in [0.25, 0.3) is 0 Å². The normalized spacial score (nSPS) is 11.3. The van der Waals surface area contributed by atoms with Gasteiger partial charge in [0.2, 0.25) is 0 Å². The second-order valence-electron chi connectivity index (χ2n) is 4.86. The maximum atomic E-state index is 13.1. The quantitative estimate of drug-likeness (QED) is 0.636. The van der Waals surface area contributed by atoms with Crippen molar-refractivity contribution in [3.63, 3.8) is 0 Å². The number of aromatic nitrogens is 1. The molecule has 1 aromatic carbocycles. The maximum Gasteiger partial charge on any atom is 0.191 e. The average molecular weight is 300 g/mol. The van der Waals surface area contributed by atoms with Crippen LogP contribution in [0.5, 0.6) is 0 Å². The molecular formula is C17H21FN4. The third-order valence-electron chi connectivity index (χ3n) is 3.08. The molecule has 0 amide bonds. The van der Waals surface area contributed by atoms with Crippen LogP contribution in [0.1, 0.15) is 18.1 Å². The van der Waals surface area contributed by atoms with E-state index in [1.807, 2.05) is 31.3 Å². The highest BCUT2D eigenvalue weighted by molar-refractivity contribution is 5.79. The van der Waals surface area contributed by atoms with Crippen molar-refractivity contribution >= 4 is 5.96 Å². The summed E-state index contributed by atoms with van der Waals surface area (Å²) in [5.41, 5.74) is 2.03. The van der Waals surface area contributed by atoms with Crippen molar-refractivity contribution in [2.45, 2.75) is 19.9 Å². The van der Waals surface area contributed by atoms with Gasteiger partial charge in [0.15, 0.2) is 5.96 Å². The van der Waals surface area contributed by atoms with Crippen molar-refractivity contribution < 1.29 is 4.39 Å². The SMILES string of the molecule is CCNC(=NCc1cccc(F)c1)NCCc1cccnc1. The molecule has 2 N–H and O–H groups in total. The lowest BCUT2D eigenvalue weighted by molar-refractivity contribution is 0.625. The second kappa shape index (κ2) is 8.77. The largest absolute Gasteiger partial charge is 0.357 e. The van der Waals surface area contributed by atoms with Crippen LogP contribution in [0.3, 0.4) is 0 Å². The predicted molar refractivity (Wildman–Crippen MR) is 87.2 cm³/mol. The molecule has 1 heterocycles. The number of benzene rings is 1. The summed E-state index contributed by atoms with van der Waals surface area (Å²) in [4.78, 5) is 8.56. The smallest absolute Gasteiger partial charge is 0.191 e. The van der Waals surface area contributed by atoms with Gasteiger partial charge in [-0.3, -0.25) is 4.98 Å². The molecule has 0 radical (unpaired) electrons. The van der Waals surface area contributed by atoms with Crippen molar-refractivity contribution in [2.75, 3.05) is 13.1 Å². The van der Waals surface area contributed by atoms with E-state index in [1.54, 1.807) is 12.3 Å². The highest BCUT2D eigenvalue weighted by Gasteiger charge is 1.99. The van der Waals surface area contributed by atoms with Gasteiger partial charge in [-0.05, 0) is 42.7 Å². The number of hydrogen-bond acceptors (Lipinski definition) is 2. The molecule has 0 aliphatic rings. The zero-order valence-electron chi connectivity index (χ0n) is 12.7. The van der Waals surface area contributed by atoms with E-state index in [0.717, 1.165) is 31.0 Å². The standard InChI is InChI=1S/C17H21FN4/c1-2-20-17(21-10-8-14-6-4-9-19-12-14)22-13-15-5-3-7-16(18)11-15/h3-7,9,11-12H,2,8,10,13H2,1H3,(H2,20,21,22). The van der Waals surface area contributed by atoms with Gasteiger partial charge in [-0.2, -0.15) is 0 Å². The van der Waals surface area contributed by atoms with Gasteiger partial charge in [0.1, 0.15) is 5.82 Å². The number of guanidine groups is 1. The second-order valence-corrected chi connectivity index (χ2v) is 4.86. The highest BCUT2D eigenvalue weighted by atomic mass is 19.1. The van der Waals surface area contributed by atoms with Crippen LogP contribution in [0.2, 0.25) is 0 Å². The lowest BCUT2D eigenvalue weighted by Crippen LogP contribution is -2.38. The van der Waals surface area contributed by atoms with Crippen molar-refractivity contribution in [1.82, 2.24) is 15.6 Å². The predicted octanol–water partition coefficient (Wildman–Crippen LogP) is 2.52. The minimum absolute atomic E-state index is 0.234. The summed E-state index contributed by atoms with van der Waals surface area (Å²) in [6.07, 6.45) is 4.50. The van der Waals surface area contributed by atoms with Gasteiger partial charge in [-0.25, -0.2) is 9.38 Å². The lowest BCUT2D eigenvalue weighted by Gasteiger charge is -2.11. The summed E-state index contributed by atoms with van der Waals surface area (Å²) in [6.45, 7) is 4.00. The van der Waals surface area contributed by atoms with Gasteiger partial charge in [0.05, 0.1) is 6.54 Å². The van der Waals surface area contributed by atoms with Crippen LogP contribution in [0.4, 0.5) is 4.39 Å². The van der Waals surface area contributed by atoms with E-state index in [4.69, 9.17) is 0 Å². The molecule has 0 saturated heterocycles. The molecule has 0 aliphatic carbocycles. The molecule has 0 spiro atoms. The van der Waals surface area contributed by atoms with Crippen LogP contribution >= 0.6 is 0 Å². The van der Waals surface area contributed by atoms with E-state index >= 15 is 0 Å². The van der Waals surface area contributed by atoms with E-state index in [1.165, 1.54) is 17.7 Å². The summed E-state index contributed by atoms with van der Waals surface area (Å²) in [5.74, 6) is 0.498. The number of nitrogens with one attached hydrogen (secondary N) is 2. The highest BCUT2D eigenvalue weighted by Crippen LogP contribution is 2.04. The number of halogens is 1. The van der Waals surface area contributed by atoms with E-state index < -0.39 is 0 Å². The number of rotatable bonds is 6. The lowest BCUT2D eigenvalue weighted by atomic mass is 10.2. The Hall–Kier alpha value is -2.43. The summed E-state index contributed by atoms with van der Waals surface area (Å²) < 4.78 is 13.1. The summed E-state index contributed by atoms with van der Waals surface area (Å²) >= 11 is 0. The average Bonchev–Trinajstić information content (AvgIpc) is 2.54. The van der Waals surface area contributed by atoms with Gasteiger partial charge in [-0.15, -0.1) is 0 Å². The molecule has 0 saturated carbocycles. The van der Waals surface area contributed by atoms with Crippen molar-refractivity contribution in [2.24, 2.45) is 4.99 Å². The van der Waals surface area contributed by atoms with Crippen molar-refractivity contribution in [3.05, 3.63) is 65.7 Å². The maximum absolute atomic E-state index is 13.1. The molecule has 2 aromatic rings. The molecule has 116 valence electrons. The zero-order valence-corrected chi connectivity index (χ0v) is 12.7. The number of nitrogens with zero attached hydrogens (tertiary/aromatic N) is 2. The Labute approximate surface area is 130 Å². The van der Waals surface area contributed by atoms with Gasteiger partial charge < -0.3 is 10.6 Å². The summed E-state index contributed by atoms with van der Waals surface area (Å²) in [5, 5.41) is 6.45. The van der Waals surface area contributed by atoms with E-state index in [9.17, 15) is 4.39 Å². The first kappa shape index (κ1) is 15.9. The van der Waals surface area contributed by atoms with Gasteiger partial charge in [0, 0.05) is 25.5 Å². The monoisotopic (exact) mass is 300 g/mol. The molecular weight excluding hydrogens is 279 g/mol. The van der Waals surface area contributed by atoms with E-state index in [-0.39, 0.29) is 5.82 Å². The van der Waals surface area contributed by atoms with Crippen molar-refractivity contribution in [3.8, 4) is 0 Å². The Morgan fingerprint density at radius 1 is 1.18 bits per heavy atom. The summed E-state index contributed by atoms with van der Waals surface area (Å²) in [6, 6.07) is 10.5. The first-order chi connectivity index (χ1) is 10.8. The molecule has 5 heteroatoms. The molecule has 4 nitrogen and oxygen atoms in total. The fraction of sp³-hybridized carbons (Fsp3) is 0.294. The Morgan fingerprint density at radius 3 is 2.77 bits per heavy atom. The summed E-state index contributed by atoms with van der Waals surface area (Å²) in [7, 11) is 0. The van der Waals surface area contributed by atoms with E-state index in [2.05, 4.69) is 20.6 Å². The van der Waals surface area contributed by atoms with Crippen LogP contribution in [0.25, 0.3) is 0 Å². The fourth-order valence-electron chi connectivity index (χ4n) is 2.02. The van der Waals surface area contributed by atoms with E-state index in [0.29, 0.717) is 6.54 Å².